The van der Waals surface area contributed by atoms with E-state index < -0.39 is 0 Å². The van der Waals surface area contributed by atoms with Crippen LogP contribution in [0.2, 0.25) is 0 Å². The lowest BCUT2D eigenvalue weighted by Crippen LogP contribution is -1.98. The molecule has 0 aliphatic heterocycles. The van der Waals surface area contributed by atoms with E-state index in [2.05, 4.69) is 160 Å². The van der Waals surface area contributed by atoms with Gasteiger partial charge in [-0.25, -0.2) is 4.52 Å². The molecular formula is C39H25N3S. The van der Waals surface area contributed by atoms with Crippen molar-refractivity contribution in [1.82, 2.24) is 14.2 Å². The van der Waals surface area contributed by atoms with Gasteiger partial charge in [-0.3, -0.25) is 0 Å². The number of hydrogen-bond donors (Lipinski definition) is 0. The van der Waals surface area contributed by atoms with Gasteiger partial charge in [0.2, 0.25) is 0 Å². The third kappa shape index (κ3) is 3.70. The highest BCUT2D eigenvalue weighted by Gasteiger charge is 2.25. The summed E-state index contributed by atoms with van der Waals surface area (Å²) in [7, 11) is 0. The molecule has 0 fully saturated rings. The molecule has 0 saturated carbocycles. The molecule has 0 saturated heterocycles. The molecule has 0 bridgehead atoms. The highest BCUT2D eigenvalue weighted by Crippen LogP contribution is 2.45. The fourth-order valence-corrected chi connectivity index (χ4v) is 7.28. The molecular weight excluding hydrogens is 543 g/mol. The Morgan fingerprint density at radius 2 is 1.23 bits per heavy atom. The largest absolute Gasteiger partial charge is 0.308 e. The second-order valence-corrected chi connectivity index (χ2v) is 11.8. The number of rotatable bonds is 4. The van der Waals surface area contributed by atoms with Crippen molar-refractivity contribution in [3.05, 3.63) is 151 Å². The van der Waals surface area contributed by atoms with Crippen molar-refractivity contribution >= 4 is 49.3 Å². The molecule has 43 heavy (non-hydrogen) atoms. The van der Waals surface area contributed by atoms with Crippen molar-refractivity contribution in [3.8, 4) is 38.8 Å². The molecule has 0 atom stereocenters. The molecule has 0 unspecified atom stereocenters. The molecule has 0 amide bonds. The van der Waals surface area contributed by atoms with E-state index in [4.69, 9.17) is 5.10 Å². The van der Waals surface area contributed by atoms with Crippen molar-refractivity contribution in [2.75, 3.05) is 0 Å². The van der Waals surface area contributed by atoms with E-state index in [-0.39, 0.29) is 0 Å². The lowest BCUT2D eigenvalue weighted by molar-refractivity contribution is 0.972. The van der Waals surface area contributed by atoms with Crippen molar-refractivity contribution in [3.63, 3.8) is 0 Å². The first-order valence-corrected chi connectivity index (χ1v) is 15.4. The Morgan fingerprint density at radius 1 is 0.535 bits per heavy atom. The first-order chi connectivity index (χ1) is 21.3. The average molecular weight is 568 g/mol. The molecule has 4 heterocycles. The molecule has 4 aromatic heterocycles. The maximum Gasteiger partial charge on any atom is 0.118 e. The summed E-state index contributed by atoms with van der Waals surface area (Å²) in [5, 5.41) is 13.7. The summed E-state index contributed by atoms with van der Waals surface area (Å²) in [5.74, 6) is 0. The number of thiophene rings is 1. The Labute approximate surface area is 252 Å². The van der Waals surface area contributed by atoms with Gasteiger partial charge in [0.25, 0.3) is 0 Å². The Balaban J connectivity index is 1.51. The van der Waals surface area contributed by atoms with Crippen molar-refractivity contribution in [1.29, 1.82) is 0 Å². The van der Waals surface area contributed by atoms with Gasteiger partial charge >= 0.3 is 0 Å². The summed E-state index contributed by atoms with van der Waals surface area (Å²) < 4.78 is 4.55. The minimum Gasteiger partial charge on any atom is -0.308 e. The van der Waals surface area contributed by atoms with Crippen LogP contribution in [0.15, 0.2) is 151 Å². The second kappa shape index (κ2) is 9.55. The molecule has 0 N–H and O–H groups in total. The van der Waals surface area contributed by atoms with Gasteiger partial charge in [-0.2, -0.15) is 5.10 Å². The van der Waals surface area contributed by atoms with Crippen LogP contribution in [0.1, 0.15) is 0 Å². The summed E-state index contributed by atoms with van der Waals surface area (Å²) in [4.78, 5) is 1.19. The fraction of sp³-hybridized carbons (Fsp3) is 0. The zero-order valence-electron chi connectivity index (χ0n) is 23.2. The van der Waals surface area contributed by atoms with Crippen LogP contribution in [-0.2, 0) is 0 Å². The van der Waals surface area contributed by atoms with Crippen LogP contribution in [0.3, 0.4) is 0 Å². The van der Waals surface area contributed by atoms with Gasteiger partial charge in [0.15, 0.2) is 0 Å². The van der Waals surface area contributed by atoms with E-state index in [0.717, 1.165) is 39.4 Å². The van der Waals surface area contributed by atoms with Gasteiger partial charge in [0.05, 0.1) is 27.3 Å². The smallest absolute Gasteiger partial charge is 0.118 e. The van der Waals surface area contributed by atoms with E-state index in [1.54, 1.807) is 11.3 Å². The third-order valence-electron chi connectivity index (χ3n) is 8.42. The molecule has 5 aromatic carbocycles. The van der Waals surface area contributed by atoms with Crippen LogP contribution in [0.25, 0.3) is 76.7 Å². The topological polar surface area (TPSA) is 22.2 Å². The van der Waals surface area contributed by atoms with Gasteiger partial charge in [-0.1, -0.05) is 109 Å². The van der Waals surface area contributed by atoms with Crippen molar-refractivity contribution in [2.45, 2.75) is 0 Å². The average Bonchev–Trinajstić information content (AvgIpc) is 3.82. The molecule has 3 nitrogen and oxygen atoms in total. The molecule has 4 heteroatoms. The van der Waals surface area contributed by atoms with Gasteiger partial charge in [0.1, 0.15) is 5.69 Å². The first kappa shape index (κ1) is 24.2. The fourth-order valence-electron chi connectivity index (χ4n) is 6.55. The van der Waals surface area contributed by atoms with E-state index in [9.17, 15) is 0 Å². The summed E-state index contributed by atoms with van der Waals surface area (Å²) in [6.07, 6.45) is 0. The first-order valence-electron chi connectivity index (χ1n) is 14.5. The van der Waals surface area contributed by atoms with Gasteiger partial charge in [-0.15, -0.1) is 11.3 Å². The second-order valence-electron chi connectivity index (χ2n) is 10.9. The van der Waals surface area contributed by atoms with E-state index in [1.807, 2.05) is 0 Å². The zero-order chi connectivity index (χ0) is 28.3. The van der Waals surface area contributed by atoms with Gasteiger partial charge < -0.3 is 4.57 Å². The highest BCUT2D eigenvalue weighted by atomic mass is 32.1. The number of para-hydroxylation sites is 2. The van der Waals surface area contributed by atoms with Gasteiger partial charge in [0, 0.05) is 22.0 Å². The summed E-state index contributed by atoms with van der Waals surface area (Å²) >= 11 is 1.75. The molecule has 9 aromatic rings. The van der Waals surface area contributed by atoms with Crippen LogP contribution in [0.4, 0.5) is 0 Å². The Hall–Kier alpha value is -5.45. The molecule has 0 aliphatic carbocycles. The Kier molecular flexibility index (Phi) is 5.37. The number of nitrogens with zero attached hydrogens (tertiary/aromatic N) is 3. The molecule has 0 spiro atoms. The van der Waals surface area contributed by atoms with E-state index >= 15 is 0 Å². The summed E-state index contributed by atoms with van der Waals surface area (Å²) in [6, 6.07) is 52.1. The number of hydrogen-bond acceptors (Lipinski definition) is 2. The lowest BCUT2D eigenvalue weighted by Gasteiger charge is -2.13. The normalized spacial score (nSPS) is 11.7. The van der Waals surface area contributed by atoms with E-state index in [0.29, 0.717) is 0 Å². The van der Waals surface area contributed by atoms with Crippen LogP contribution < -0.4 is 0 Å². The van der Waals surface area contributed by atoms with Crippen molar-refractivity contribution < 1.29 is 0 Å². The van der Waals surface area contributed by atoms with Gasteiger partial charge in [-0.05, 0) is 63.5 Å². The van der Waals surface area contributed by atoms with Crippen molar-refractivity contribution in [2.24, 2.45) is 0 Å². The predicted molar refractivity (Wildman–Crippen MR) is 181 cm³/mol. The number of aromatic nitrogens is 3. The highest BCUT2D eigenvalue weighted by molar-refractivity contribution is 7.13. The monoisotopic (exact) mass is 567 g/mol. The van der Waals surface area contributed by atoms with E-state index in [1.165, 1.54) is 37.4 Å². The molecule has 0 aliphatic rings. The third-order valence-corrected chi connectivity index (χ3v) is 9.31. The Morgan fingerprint density at radius 3 is 2.07 bits per heavy atom. The number of fused-ring (bicyclic) bond motifs is 5. The molecule has 0 radical (unpaired) electrons. The maximum absolute atomic E-state index is 5.56. The standard InChI is InChI=1S/C39H25N3S/c1-2-16-29(17-3-1)41-33-21-9-6-14-28(33)25-35(41)38-37(32-20-10-15-26-12-4-7-18-30(26)32)39-31-19-8-5-13-27(31)24-34(42(39)40-38)36-22-11-23-43-36/h1-25H. The Bertz CT molecular complexity index is 2440. The number of benzene rings is 5. The summed E-state index contributed by atoms with van der Waals surface area (Å²) in [5.41, 5.74) is 8.85. The quantitative estimate of drug-likeness (QED) is 0.207. The minimum absolute atomic E-state index is 0.963. The number of pyridine rings is 1. The predicted octanol–water partition coefficient (Wildman–Crippen LogP) is 10.6. The van der Waals surface area contributed by atoms with Crippen LogP contribution in [0.5, 0.6) is 0 Å². The maximum atomic E-state index is 5.56. The van der Waals surface area contributed by atoms with Crippen LogP contribution in [0, 0.1) is 0 Å². The SMILES string of the molecule is c1ccc(-n2c(-c3nn4c(-c5cccs5)cc5ccccc5c4c3-c3cccc4ccccc34)cc3ccccc32)cc1. The van der Waals surface area contributed by atoms with Crippen LogP contribution in [-0.4, -0.2) is 14.2 Å². The molecule has 202 valence electrons. The lowest BCUT2D eigenvalue weighted by atomic mass is 9.94. The zero-order valence-corrected chi connectivity index (χ0v) is 24.0. The minimum atomic E-state index is 0.963. The van der Waals surface area contributed by atoms with Crippen LogP contribution >= 0.6 is 11.3 Å². The molecule has 9 rings (SSSR count). The summed E-state index contributed by atoms with van der Waals surface area (Å²) in [6.45, 7) is 0.